The van der Waals surface area contributed by atoms with Crippen molar-refractivity contribution in [2.75, 3.05) is 13.1 Å². The van der Waals surface area contributed by atoms with Crippen molar-refractivity contribution in [1.82, 2.24) is 15.6 Å². The summed E-state index contributed by atoms with van der Waals surface area (Å²) in [4.78, 5) is 15.8. The Kier molecular flexibility index (Phi) is 7.91. The molecule has 1 amide bonds. The smallest absolute Gasteiger partial charge is 0.251 e. The molecule has 0 saturated carbocycles. The molecule has 1 aromatic rings. The van der Waals surface area contributed by atoms with Gasteiger partial charge in [0.25, 0.3) is 5.91 Å². The highest BCUT2D eigenvalue weighted by Crippen LogP contribution is 2.11. The summed E-state index contributed by atoms with van der Waals surface area (Å²) in [7, 11) is 0. The van der Waals surface area contributed by atoms with Crippen molar-refractivity contribution < 1.29 is 4.79 Å². The zero-order chi connectivity index (χ0) is 11.4. The van der Waals surface area contributed by atoms with Gasteiger partial charge in [0, 0.05) is 24.0 Å². The van der Waals surface area contributed by atoms with Gasteiger partial charge in [0.1, 0.15) is 0 Å². The highest BCUT2D eigenvalue weighted by atomic mass is 35.5. The maximum atomic E-state index is 11.9. The van der Waals surface area contributed by atoms with Crippen LogP contribution in [-0.2, 0) is 0 Å². The number of amides is 1. The predicted octanol–water partition coefficient (Wildman–Crippen LogP) is 1.65. The van der Waals surface area contributed by atoms with Gasteiger partial charge in [-0.2, -0.15) is 0 Å². The fraction of sp³-hybridized carbons (Fsp3) is 0.500. The third-order valence-electron chi connectivity index (χ3n) is 3.04. The van der Waals surface area contributed by atoms with E-state index in [1.165, 1.54) is 0 Å². The standard InChI is InChI=1S/C12H17N3O.2ClH/c1-9-8-14-7-4-11(9)15-12(16)10-2-5-13-6-3-10;;/h2-3,5-6,9,11,14H,4,7-8H2,1H3,(H,15,16);2*1H. The summed E-state index contributed by atoms with van der Waals surface area (Å²) in [6.07, 6.45) is 4.28. The number of hydrogen-bond acceptors (Lipinski definition) is 3. The first-order valence-electron chi connectivity index (χ1n) is 5.69. The summed E-state index contributed by atoms with van der Waals surface area (Å²) in [5.41, 5.74) is 0.681. The van der Waals surface area contributed by atoms with Gasteiger partial charge in [0.05, 0.1) is 0 Å². The summed E-state index contributed by atoms with van der Waals surface area (Å²) >= 11 is 0. The van der Waals surface area contributed by atoms with Gasteiger partial charge in [-0.05, 0) is 37.6 Å². The van der Waals surface area contributed by atoms with Crippen LogP contribution in [0.5, 0.6) is 0 Å². The number of pyridine rings is 1. The molecule has 0 aromatic carbocycles. The molecule has 0 bridgehead atoms. The van der Waals surface area contributed by atoms with E-state index >= 15 is 0 Å². The van der Waals surface area contributed by atoms with Crippen LogP contribution in [0.3, 0.4) is 0 Å². The number of nitrogens with one attached hydrogen (secondary N) is 2. The van der Waals surface area contributed by atoms with Gasteiger partial charge < -0.3 is 10.6 Å². The van der Waals surface area contributed by atoms with Crippen LogP contribution in [-0.4, -0.2) is 30.0 Å². The zero-order valence-corrected chi connectivity index (χ0v) is 11.9. The summed E-state index contributed by atoms with van der Waals surface area (Å²) in [5, 5.41) is 6.39. The van der Waals surface area contributed by atoms with Gasteiger partial charge in [-0.25, -0.2) is 0 Å². The minimum atomic E-state index is 0. The Morgan fingerprint density at radius 3 is 2.67 bits per heavy atom. The molecule has 0 radical (unpaired) electrons. The van der Waals surface area contributed by atoms with Gasteiger partial charge in [-0.3, -0.25) is 9.78 Å². The molecule has 1 saturated heterocycles. The molecule has 6 heteroatoms. The summed E-state index contributed by atoms with van der Waals surface area (Å²) in [5.74, 6) is 0.487. The van der Waals surface area contributed by atoms with E-state index in [1.807, 2.05) is 0 Å². The number of aromatic nitrogens is 1. The third kappa shape index (κ3) is 4.44. The molecule has 1 aliphatic rings. The largest absolute Gasteiger partial charge is 0.349 e. The Hall–Kier alpha value is -0.840. The molecule has 2 heterocycles. The lowest BCUT2D eigenvalue weighted by molar-refractivity contribution is 0.0914. The van der Waals surface area contributed by atoms with E-state index in [-0.39, 0.29) is 36.8 Å². The number of nitrogens with zero attached hydrogens (tertiary/aromatic N) is 1. The molecule has 0 spiro atoms. The number of carbonyl (C=O) groups excluding carboxylic acids is 1. The van der Waals surface area contributed by atoms with Gasteiger partial charge in [-0.1, -0.05) is 6.92 Å². The average Bonchev–Trinajstić information content (AvgIpc) is 2.33. The van der Waals surface area contributed by atoms with E-state index in [4.69, 9.17) is 0 Å². The van der Waals surface area contributed by atoms with E-state index in [0.29, 0.717) is 11.5 Å². The molecule has 4 nitrogen and oxygen atoms in total. The molecule has 102 valence electrons. The third-order valence-corrected chi connectivity index (χ3v) is 3.04. The number of rotatable bonds is 2. The lowest BCUT2D eigenvalue weighted by Crippen LogP contribution is -2.48. The van der Waals surface area contributed by atoms with E-state index < -0.39 is 0 Å². The van der Waals surface area contributed by atoms with Crippen LogP contribution in [0.4, 0.5) is 0 Å². The van der Waals surface area contributed by atoms with Gasteiger partial charge >= 0.3 is 0 Å². The summed E-state index contributed by atoms with van der Waals surface area (Å²) in [6.45, 7) is 4.11. The molecule has 2 atom stereocenters. The molecule has 18 heavy (non-hydrogen) atoms. The highest BCUT2D eigenvalue weighted by molar-refractivity contribution is 5.94. The number of carbonyl (C=O) groups is 1. The normalized spacial score (nSPS) is 22.3. The SMILES string of the molecule is CC1CNCCC1NC(=O)c1ccncc1.Cl.Cl. The Morgan fingerprint density at radius 1 is 1.39 bits per heavy atom. The van der Waals surface area contributed by atoms with Crippen LogP contribution in [0.2, 0.25) is 0 Å². The lowest BCUT2D eigenvalue weighted by atomic mass is 9.95. The summed E-state index contributed by atoms with van der Waals surface area (Å²) < 4.78 is 0. The fourth-order valence-corrected chi connectivity index (χ4v) is 1.98. The van der Waals surface area contributed by atoms with Crippen molar-refractivity contribution >= 4 is 30.7 Å². The van der Waals surface area contributed by atoms with Gasteiger partial charge in [0.15, 0.2) is 0 Å². The van der Waals surface area contributed by atoms with Crippen molar-refractivity contribution in [1.29, 1.82) is 0 Å². The number of halogens is 2. The van der Waals surface area contributed by atoms with Crippen molar-refractivity contribution in [2.45, 2.75) is 19.4 Å². The molecule has 1 aliphatic heterocycles. The Balaban J connectivity index is 0.00000144. The first-order chi connectivity index (χ1) is 7.77. The van der Waals surface area contributed by atoms with Crippen molar-refractivity contribution in [3.63, 3.8) is 0 Å². The second-order valence-corrected chi connectivity index (χ2v) is 4.29. The van der Waals surface area contributed by atoms with Crippen molar-refractivity contribution in [3.8, 4) is 0 Å². The molecule has 1 aromatic heterocycles. The highest BCUT2D eigenvalue weighted by Gasteiger charge is 2.22. The molecule has 0 aliphatic carbocycles. The Bertz CT molecular complexity index is 362. The molecular weight excluding hydrogens is 273 g/mol. The Labute approximate surface area is 120 Å². The van der Waals surface area contributed by atoms with Crippen LogP contribution >= 0.6 is 24.8 Å². The molecule has 2 unspecified atom stereocenters. The molecule has 2 rings (SSSR count). The average molecular weight is 292 g/mol. The first kappa shape index (κ1) is 17.2. The van der Waals surface area contributed by atoms with Gasteiger partial charge in [0.2, 0.25) is 0 Å². The minimum Gasteiger partial charge on any atom is -0.349 e. The predicted molar refractivity (Wildman–Crippen MR) is 76.6 cm³/mol. The van der Waals surface area contributed by atoms with E-state index in [2.05, 4.69) is 22.5 Å². The van der Waals surface area contributed by atoms with Crippen LogP contribution in [0.15, 0.2) is 24.5 Å². The van der Waals surface area contributed by atoms with Crippen molar-refractivity contribution in [3.05, 3.63) is 30.1 Å². The second kappa shape index (κ2) is 8.29. The molecular formula is C12H19Cl2N3O. The van der Waals surface area contributed by atoms with Crippen molar-refractivity contribution in [2.24, 2.45) is 5.92 Å². The lowest BCUT2D eigenvalue weighted by Gasteiger charge is -2.30. The molecule has 1 fully saturated rings. The van der Waals surface area contributed by atoms with Gasteiger partial charge in [-0.15, -0.1) is 24.8 Å². The second-order valence-electron chi connectivity index (χ2n) is 4.29. The quantitative estimate of drug-likeness (QED) is 0.871. The first-order valence-corrected chi connectivity index (χ1v) is 5.69. The van der Waals surface area contributed by atoms with Crippen LogP contribution in [0.1, 0.15) is 23.7 Å². The topological polar surface area (TPSA) is 54.0 Å². The van der Waals surface area contributed by atoms with E-state index in [9.17, 15) is 4.79 Å². The van der Waals surface area contributed by atoms with E-state index in [1.54, 1.807) is 24.5 Å². The fourth-order valence-electron chi connectivity index (χ4n) is 1.98. The maximum Gasteiger partial charge on any atom is 0.251 e. The molecule has 2 N–H and O–H groups in total. The summed E-state index contributed by atoms with van der Waals surface area (Å²) in [6, 6.07) is 3.75. The zero-order valence-electron chi connectivity index (χ0n) is 10.3. The van der Waals surface area contributed by atoms with Crippen LogP contribution in [0.25, 0.3) is 0 Å². The maximum absolute atomic E-state index is 11.9. The minimum absolute atomic E-state index is 0. The number of hydrogen-bond donors (Lipinski definition) is 2. The number of piperidine rings is 1. The van der Waals surface area contributed by atoms with E-state index in [0.717, 1.165) is 19.5 Å². The van der Waals surface area contributed by atoms with Crippen LogP contribution < -0.4 is 10.6 Å². The van der Waals surface area contributed by atoms with Crippen LogP contribution in [0, 0.1) is 5.92 Å². The Morgan fingerprint density at radius 2 is 2.06 bits per heavy atom. The monoisotopic (exact) mass is 291 g/mol.